The second-order valence-corrected chi connectivity index (χ2v) is 4.72. The zero-order chi connectivity index (χ0) is 12.7. The summed E-state index contributed by atoms with van der Waals surface area (Å²) in [6.07, 6.45) is 2.69. The second kappa shape index (κ2) is 6.12. The van der Waals surface area contributed by atoms with E-state index >= 15 is 0 Å². The van der Waals surface area contributed by atoms with Crippen molar-refractivity contribution in [2.45, 2.75) is 0 Å². The van der Waals surface area contributed by atoms with E-state index in [0.717, 1.165) is 0 Å². The van der Waals surface area contributed by atoms with Crippen LogP contribution in [0.4, 0.5) is 5.82 Å². The van der Waals surface area contributed by atoms with Crippen molar-refractivity contribution >= 4 is 21.8 Å². The van der Waals surface area contributed by atoms with Gasteiger partial charge in [-0.3, -0.25) is 8.98 Å². The summed E-state index contributed by atoms with van der Waals surface area (Å²) in [5.41, 5.74) is 0. The minimum absolute atomic E-state index is 0.329. The summed E-state index contributed by atoms with van der Waals surface area (Å²) in [6.45, 7) is 2.69. The molecular weight excluding hydrogens is 244 g/mol. The largest absolute Gasteiger partial charge is 0.309 e. The molecule has 0 aliphatic heterocycles. The van der Waals surface area contributed by atoms with Gasteiger partial charge in [0.2, 0.25) is 0 Å². The van der Waals surface area contributed by atoms with Gasteiger partial charge in [0.05, 0.1) is 5.75 Å². The first-order chi connectivity index (χ1) is 8.03. The van der Waals surface area contributed by atoms with E-state index in [1.165, 1.54) is 12.3 Å². The normalized spacial score (nSPS) is 10.8. The molecule has 7 heteroatoms. The highest BCUT2D eigenvalue weighted by Crippen LogP contribution is 2.00. The van der Waals surface area contributed by atoms with Crippen LogP contribution in [0.3, 0.4) is 0 Å². The first-order valence-corrected chi connectivity index (χ1v) is 6.30. The molecule has 0 unspecified atom stereocenters. The third-order valence-corrected chi connectivity index (χ3v) is 2.74. The van der Waals surface area contributed by atoms with Crippen molar-refractivity contribution in [2.24, 2.45) is 0 Å². The maximum atomic E-state index is 11.3. The van der Waals surface area contributed by atoms with Crippen molar-refractivity contribution in [2.75, 3.05) is 17.7 Å². The molecule has 1 heterocycles. The topological polar surface area (TPSA) is 85.4 Å². The van der Waals surface area contributed by atoms with E-state index in [4.69, 9.17) is 0 Å². The molecule has 1 rings (SSSR count). The lowest BCUT2D eigenvalue weighted by atomic mass is 10.4. The van der Waals surface area contributed by atoms with Gasteiger partial charge in [-0.2, -0.15) is 8.42 Å². The Morgan fingerprint density at radius 2 is 2.29 bits per heavy atom. The van der Waals surface area contributed by atoms with E-state index in [1.54, 1.807) is 18.2 Å². The van der Waals surface area contributed by atoms with E-state index in [-0.39, 0.29) is 5.75 Å². The highest BCUT2D eigenvalue weighted by molar-refractivity contribution is 7.86. The van der Waals surface area contributed by atoms with Gasteiger partial charge in [-0.25, -0.2) is 4.98 Å². The summed E-state index contributed by atoms with van der Waals surface area (Å²) in [5, 5.41) is 2.39. The molecule has 0 aliphatic carbocycles. The lowest BCUT2D eigenvalue weighted by molar-refractivity contribution is -0.118. The van der Waals surface area contributed by atoms with Crippen LogP contribution >= 0.6 is 0 Å². The standard InChI is InChI=1S/C10H12N2O4S/c1-2-7-17(14,15)16-8-10(13)12-9-5-3-4-6-11-9/h2-6H,1,7-8H2,(H,11,12,13). The Hall–Kier alpha value is -1.73. The summed E-state index contributed by atoms with van der Waals surface area (Å²) in [4.78, 5) is 15.1. The van der Waals surface area contributed by atoms with Gasteiger partial charge in [-0.1, -0.05) is 12.1 Å². The molecule has 0 spiro atoms. The molecule has 0 aliphatic rings. The van der Waals surface area contributed by atoms with Gasteiger partial charge < -0.3 is 5.32 Å². The Labute approximate surface area is 99.4 Å². The fourth-order valence-corrected chi connectivity index (χ4v) is 1.62. The number of aromatic nitrogens is 1. The zero-order valence-corrected chi connectivity index (χ0v) is 9.81. The number of rotatable bonds is 6. The number of amides is 1. The van der Waals surface area contributed by atoms with Gasteiger partial charge in [-0.05, 0) is 12.1 Å². The molecule has 0 bridgehead atoms. The lowest BCUT2D eigenvalue weighted by Crippen LogP contribution is -2.22. The minimum Gasteiger partial charge on any atom is -0.309 e. The first kappa shape index (κ1) is 13.3. The third kappa shape index (κ3) is 5.23. The second-order valence-electron chi connectivity index (χ2n) is 3.04. The zero-order valence-electron chi connectivity index (χ0n) is 9.00. The van der Waals surface area contributed by atoms with E-state index in [2.05, 4.69) is 21.1 Å². The van der Waals surface area contributed by atoms with Crippen molar-refractivity contribution < 1.29 is 17.4 Å². The van der Waals surface area contributed by atoms with Crippen LogP contribution in [0.15, 0.2) is 37.1 Å². The third-order valence-electron chi connectivity index (χ3n) is 1.62. The fraction of sp³-hybridized carbons (Fsp3) is 0.200. The van der Waals surface area contributed by atoms with Gasteiger partial charge in [-0.15, -0.1) is 6.58 Å². The van der Waals surface area contributed by atoms with Gasteiger partial charge in [0.1, 0.15) is 12.4 Å². The average molecular weight is 256 g/mol. The summed E-state index contributed by atoms with van der Waals surface area (Å²) in [6, 6.07) is 4.97. The number of carbonyl (C=O) groups is 1. The van der Waals surface area contributed by atoms with Crippen LogP contribution in [0.5, 0.6) is 0 Å². The SMILES string of the molecule is C=CCS(=O)(=O)OCC(=O)Nc1ccccn1. The molecule has 0 saturated carbocycles. The number of nitrogens with one attached hydrogen (secondary N) is 1. The summed E-state index contributed by atoms with van der Waals surface area (Å²) < 4.78 is 26.7. The van der Waals surface area contributed by atoms with Crippen molar-refractivity contribution in [1.29, 1.82) is 0 Å². The molecule has 0 aromatic carbocycles. The predicted molar refractivity (Wildman–Crippen MR) is 62.8 cm³/mol. The number of nitrogens with zero attached hydrogens (tertiary/aromatic N) is 1. The highest BCUT2D eigenvalue weighted by Gasteiger charge is 2.12. The maximum Gasteiger partial charge on any atom is 0.271 e. The summed E-state index contributed by atoms with van der Waals surface area (Å²) >= 11 is 0. The molecule has 92 valence electrons. The summed E-state index contributed by atoms with van der Waals surface area (Å²) in [7, 11) is -3.72. The van der Waals surface area contributed by atoms with E-state index in [1.807, 2.05) is 0 Å². The van der Waals surface area contributed by atoms with Crippen molar-refractivity contribution in [3.05, 3.63) is 37.1 Å². The van der Waals surface area contributed by atoms with E-state index in [0.29, 0.717) is 5.82 Å². The molecule has 6 nitrogen and oxygen atoms in total. The Morgan fingerprint density at radius 3 is 2.88 bits per heavy atom. The number of hydrogen-bond acceptors (Lipinski definition) is 5. The van der Waals surface area contributed by atoms with Crippen molar-refractivity contribution in [3.63, 3.8) is 0 Å². The summed E-state index contributed by atoms with van der Waals surface area (Å²) in [5.74, 6) is -0.581. The molecule has 1 aromatic heterocycles. The number of carbonyl (C=O) groups excluding carboxylic acids is 1. The smallest absolute Gasteiger partial charge is 0.271 e. The molecule has 0 saturated heterocycles. The highest BCUT2D eigenvalue weighted by atomic mass is 32.2. The quantitative estimate of drug-likeness (QED) is 0.593. The van der Waals surface area contributed by atoms with Crippen LogP contribution < -0.4 is 5.32 Å². The maximum absolute atomic E-state index is 11.3. The minimum atomic E-state index is -3.72. The van der Waals surface area contributed by atoms with Crippen LogP contribution in [0.25, 0.3) is 0 Å². The van der Waals surface area contributed by atoms with Gasteiger partial charge in [0, 0.05) is 6.20 Å². The Bertz CT molecular complexity index is 484. The monoisotopic (exact) mass is 256 g/mol. The van der Waals surface area contributed by atoms with Gasteiger partial charge >= 0.3 is 0 Å². The van der Waals surface area contributed by atoms with E-state index in [9.17, 15) is 13.2 Å². The molecule has 0 radical (unpaired) electrons. The lowest BCUT2D eigenvalue weighted by Gasteiger charge is -2.04. The fourth-order valence-electron chi connectivity index (χ4n) is 0.951. The number of anilines is 1. The first-order valence-electron chi connectivity index (χ1n) is 4.72. The van der Waals surface area contributed by atoms with Gasteiger partial charge in [0.15, 0.2) is 0 Å². The van der Waals surface area contributed by atoms with Crippen LogP contribution in [-0.2, 0) is 19.1 Å². The molecule has 1 amide bonds. The van der Waals surface area contributed by atoms with Crippen molar-refractivity contribution in [3.8, 4) is 0 Å². The van der Waals surface area contributed by atoms with Crippen LogP contribution in [0, 0.1) is 0 Å². The number of pyridine rings is 1. The number of hydrogen-bond donors (Lipinski definition) is 1. The van der Waals surface area contributed by atoms with Crippen LogP contribution in [-0.4, -0.2) is 31.7 Å². The Morgan fingerprint density at radius 1 is 1.53 bits per heavy atom. The average Bonchev–Trinajstić information content (AvgIpc) is 2.28. The van der Waals surface area contributed by atoms with E-state index < -0.39 is 22.6 Å². The molecular formula is C10H12N2O4S. The molecule has 1 aromatic rings. The Kier molecular flexibility index (Phi) is 4.80. The molecule has 0 fully saturated rings. The molecule has 17 heavy (non-hydrogen) atoms. The van der Waals surface area contributed by atoms with Crippen LogP contribution in [0.2, 0.25) is 0 Å². The van der Waals surface area contributed by atoms with Gasteiger partial charge in [0.25, 0.3) is 16.0 Å². The van der Waals surface area contributed by atoms with Crippen molar-refractivity contribution in [1.82, 2.24) is 4.98 Å². The molecule has 1 N–H and O–H groups in total. The molecule has 0 atom stereocenters. The Balaban J connectivity index is 2.44. The predicted octanol–water partition coefficient (Wildman–Crippen LogP) is 0.552. The van der Waals surface area contributed by atoms with Crippen LogP contribution in [0.1, 0.15) is 0 Å².